The van der Waals surface area contributed by atoms with Gasteiger partial charge in [-0.1, -0.05) is 37.1 Å². The molecule has 0 bridgehead atoms. The predicted octanol–water partition coefficient (Wildman–Crippen LogP) is 4.42. The van der Waals surface area contributed by atoms with Crippen LogP contribution in [0, 0.1) is 0 Å². The molecule has 3 aromatic rings. The quantitative estimate of drug-likeness (QED) is 0.123. The van der Waals surface area contributed by atoms with Gasteiger partial charge in [-0.3, -0.25) is 9.48 Å². The van der Waals surface area contributed by atoms with Crippen molar-refractivity contribution >= 4 is 18.3 Å². The highest BCUT2D eigenvalue weighted by Gasteiger charge is 2.25. The van der Waals surface area contributed by atoms with Crippen molar-refractivity contribution in [2.45, 2.75) is 44.6 Å². The Balaban J connectivity index is 1.79. The van der Waals surface area contributed by atoms with Crippen LogP contribution in [0.1, 0.15) is 43.8 Å². The molecule has 35 heavy (non-hydrogen) atoms. The molecule has 0 radical (unpaired) electrons. The molecular weight excluding hydrogens is 454 g/mol. The van der Waals surface area contributed by atoms with Crippen molar-refractivity contribution in [1.82, 2.24) is 19.7 Å². The Morgan fingerprint density at radius 3 is 2.57 bits per heavy atom. The number of imidazole rings is 1. The molecule has 0 saturated heterocycles. The molecule has 3 rings (SSSR count). The molecule has 0 amide bonds. The maximum atomic E-state index is 13.0. The number of alkyl halides is 2. The molecule has 2 aromatic heterocycles. The van der Waals surface area contributed by atoms with Crippen molar-refractivity contribution in [3.63, 3.8) is 0 Å². The van der Waals surface area contributed by atoms with Crippen LogP contribution in [0.15, 0.2) is 59.5 Å². The van der Waals surface area contributed by atoms with Gasteiger partial charge in [-0.15, -0.1) is 0 Å². The van der Waals surface area contributed by atoms with Gasteiger partial charge in [0, 0.05) is 31.4 Å². The Morgan fingerprint density at radius 1 is 1.17 bits per heavy atom. The fraction of sp³-hybridized carbons (Fsp3) is 0.320. The number of H-pyrrole nitrogens is 1. The smallest absolute Gasteiger partial charge is 0.331 e. The molecule has 10 heteroatoms. The van der Waals surface area contributed by atoms with Gasteiger partial charge in [-0.25, -0.2) is 9.98 Å². The van der Waals surface area contributed by atoms with Crippen LogP contribution < -0.4 is 5.73 Å². The Kier molecular flexibility index (Phi) is 9.16. The molecular formula is C25H28F2N6O2. The topological polar surface area (TPSA) is 119 Å². The van der Waals surface area contributed by atoms with Crippen LogP contribution in [0.3, 0.4) is 0 Å². The van der Waals surface area contributed by atoms with Crippen LogP contribution in [0.25, 0.3) is 22.5 Å². The Morgan fingerprint density at radius 2 is 1.91 bits per heavy atom. The molecule has 1 atom stereocenters. The number of halogens is 2. The summed E-state index contributed by atoms with van der Waals surface area (Å²) < 4.78 is 26.3. The molecule has 0 aliphatic rings. The summed E-state index contributed by atoms with van der Waals surface area (Å²) in [6.07, 6.45) is 9.37. The summed E-state index contributed by atoms with van der Waals surface area (Å²) in [6, 6.07) is 9.71. The van der Waals surface area contributed by atoms with Gasteiger partial charge in [0.1, 0.15) is 12.1 Å². The lowest BCUT2D eigenvalue weighted by molar-refractivity contribution is -0.117. The van der Waals surface area contributed by atoms with Crippen molar-refractivity contribution in [1.29, 1.82) is 0 Å². The molecule has 1 aromatic carbocycles. The normalized spacial score (nSPS) is 13.0. The molecule has 0 aliphatic carbocycles. The van der Waals surface area contributed by atoms with E-state index in [1.54, 1.807) is 10.9 Å². The van der Waals surface area contributed by atoms with Gasteiger partial charge in [0.15, 0.2) is 5.78 Å². The number of hydrogen-bond donors (Lipinski definition) is 2. The summed E-state index contributed by atoms with van der Waals surface area (Å²) in [7, 11) is 1.86. The fourth-order valence-electron chi connectivity index (χ4n) is 3.67. The van der Waals surface area contributed by atoms with E-state index in [1.165, 1.54) is 0 Å². The van der Waals surface area contributed by atoms with Crippen molar-refractivity contribution < 1.29 is 18.4 Å². The molecule has 8 nitrogen and oxygen atoms in total. The summed E-state index contributed by atoms with van der Waals surface area (Å²) in [5.74, 6) is -0.659. The van der Waals surface area contributed by atoms with E-state index in [2.05, 4.69) is 20.1 Å². The predicted molar refractivity (Wildman–Crippen MR) is 130 cm³/mol. The van der Waals surface area contributed by atoms with Crippen molar-refractivity contribution in [3.8, 4) is 22.5 Å². The number of nitrogens with one attached hydrogen (secondary N) is 1. The molecule has 3 N–H and O–H groups in total. The van der Waals surface area contributed by atoms with E-state index >= 15 is 0 Å². The van der Waals surface area contributed by atoms with Crippen LogP contribution in [0.4, 0.5) is 8.78 Å². The van der Waals surface area contributed by atoms with E-state index < -0.39 is 18.3 Å². The first kappa shape index (κ1) is 25.7. The first-order chi connectivity index (χ1) is 16.9. The lowest BCUT2D eigenvalue weighted by Crippen LogP contribution is -2.21. The first-order valence-electron chi connectivity index (χ1n) is 11.3. The number of rotatable bonds is 13. The van der Waals surface area contributed by atoms with Crippen molar-refractivity contribution in [2.75, 3.05) is 0 Å². The number of Topliss-reactive ketones (excluding diaryl/α,β-unsaturated/α-hetero) is 1. The summed E-state index contributed by atoms with van der Waals surface area (Å²) >= 11 is 0. The Bertz CT molecular complexity index is 1180. The standard InChI is InChI=1S/C25H28F2N6O2/c1-33-14-12-21(32-33)17-7-9-18(10-8-17)22-16-30-24(31-22)19(6-4-2-3-5-15-34)23(35)20(28)11-13-29-25(26)27/h7-16,19,25H,2-6,28H2,1H3,(H,30,31). The molecule has 0 aliphatic heterocycles. The zero-order valence-electron chi connectivity index (χ0n) is 19.4. The monoisotopic (exact) mass is 482 g/mol. The highest BCUT2D eigenvalue weighted by Crippen LogP contribution is 2.27. The van der Waals surface area contributed by atoms with E-state index in [4.69, 9.17) is 5.73 Å². The van der Waals surface area contributed by atoms with E-state index in [9.17, 15) is 18.4 Å². The van der Waals surface area contributed by atoms with Crippen LogP contribution in [-0.2, 0) is 16.6 Å². The summed E-state index contributed by atoms with van der Waals surface area (Å²) in [6.45, 7) is -2.88. The number of unbranched alkanes of at least 4 members (excludes halogenated alkanes) is 3. The van der Waals surface area contributed by atoms with Crippen LogP contribution in [0.2, 0.25) is 0 Å². The fourth-order valence-corrected chi connectivity index (χ4v) is 3.67. The third-order valence-electron chi connectivity index (χ3n) is 5.50. The molecule has 184 valence electrons. The van der Waals surface area contributed by atoms with Crippen LogP contribution in [-0.4, -0.2) is 44.6 Å². The number of aromatic amines is 1. The Labute approximate surface area is 202 Å². The van der Waals surface area contributed by atoms with Gasteiger partial charge in [0.25, 0.3) is 0 Å². The largest absolute Gasteiger partial charge is 0.396 e. The van der Waals surface area contributed by atoms with Crippen LogP contribution in [0.5, 0.6) is 0 Å². The zero-order valence-corrected chi connectivity index (χ0v) is 19.4. The summed E-state index contributed by atoms with van der Waals surface area (Å²) in [5, 5.41) is 4.40. The van der Waals surface area contributed by atoms with Gasteiger partial charge in [-0.2, -0.15) is 13.9 Å². The highest BCUT2D eigenvalue weighted by atomic mass is 19.3. The SMILES string of the molecule is Cn1ccc(-c2ccc(-c3cnc(C(CCCCCC=O)C(=O)C(N)=CC=NC(F)F)[nH]3)cc2)n1. The number of aldehydes is 1. The lowest BCUT2D eigenvalue weighted by Gasteiger charge is -2.14. The van der Waals surface area contributed by atoms with Gasteiger partial charge in [-0.05, 0) is 30.5 Å². The second-order valence-corrected chi connectivity index (χ2v) is 8.05. The first-order valence-corrected chi connectivity index (χ1v) is 11.3. The zero-order chi connectivity index (χ0) is 25.2. The van der Waals surface area contributed by atoms with Crippen LogP contribution >= 0.6 is 0 Å². The Hall–Kier alpha value is -3.95. The number of ketones is 1. The molecule has 2 heterocycles. The third kappa shape index (κ3) is 7.26. The molecule has 0 fully saturated rings. The molecule has 1 unspecified atom stereocenters. The minimum atomic E-state index is -2.88. The van der Waals surface area contributed by atoms with Crippen molar-refractivity contribution in [3.05, 3.63) is 60.3 Å². The van der Waals surface area contributed by atoms with E-state index in [1.807, 2.05) is 43.6 Å². The third-order valence-corrected chi connectivity index (χ3v) is 5.50. The number of carbonyl (C=O) groups is 2. The highest BCUT2D eigenvalue weighted by molar-refractivity contribution is 6.01. The van der Waals surface area contributed by atoms with E-state index in [0.29, 0.717) is 25.1 Å². The number of aromatic nitrogens is 4. The van der Waals surface area contributed by atoms with Gasteiger partial charge in [0.05, 0.1) is 29.2 Å². The number of carbonyl (C=O) groups excluding carboxylic acids is 2. The number of hydrogen-bond acceptors (Lipinski definition) is 6. The minimum absolute atomic E-state index is 0.176. The molecule has 0 spiro atoms. The number of allylic oxidation sites excluding steroid dienone is 2. The number of nitrogens with two attached hydrogens (primary N) is 1. The number of aryl methyl sites for hydroxylation is 1. The van der Waals surface area contributed by atoms with Gasteiger partial charge >= 0.3 is 6.55 Å². The van der Waals surface area contributed by atoms with Crippen molar-refractivity contribution in [2.24, 2.45) is 17.8 Å². The molecule has 0 saturated carbocycles. The average Bonchev–Trinajstić information content (AvgIpc) is 3.50. The number of aliphatic imine (C=N–C) groups is 1. The second-order valence-electron chi connectivity index (χ2n) is 8.05. The number of nitrogens with zero attached hydrogens (tertiary/aromatic N) is 4. The van der Waals surface area contributed by atoms with Gasteiger partial charge in [0.2, 0.25) is 0 Å². The second kappa shape index (κ2) is 12.5. The summed E-state index contributed by atoms with van der Waals surface area (Å²) in [4.78, 5) is 34.1. The maximum Gasteiger partial charge on any atom is 0.331 e. The van der Waals surface area contributed by atoms with E-state index in [0.717, 1.165) is 53.9 Å². The van der Waals surface area contributed by atoms with E-state index in [-0.39, 0.29) is 5.70 Å². The van der Waals surface area contributed by atoms with Gasteiger partial charge < -0.3 is 15.5 Å². The minimum Gasteiger partial charge on any atom is -0.396 e. The average molecular weight is 483 g/mol. The lowest BCUT2D eigenvalue weighted by atomic mass is 9.93. The maximum absolute atomic E-state index is 13.0. The summed E-state index contributed by atoms with van der Waals surface area (Å²) in [5.41, 5.74) is 9.14. The number of benzene rings is 1.